The van der Waals surface area contributed by atoms with Crippen molar-refractivity contribution in [1.29, 1.82) is 0 Å². The molecule has 142 valence electrons. The highest BCUT2D eigenvalue weighted by molar-refractivity contribution is 5.80. The number of hydrogen-bond donors (Lipinski definition) is 3. The Morgan fingerprint density at radius 1 is 1.12 bits per heavy atom. The third kappa shape index (κ3) is 5.16. The van der Waals surface area contributed by atoms with Gasteiger partial charge in [0.05, 0.1) is 0 Å². The SMILES string of the molecule is Cc1nc(CCNC(=O)C2CCC(NC(=O)C3CC=CCC3)CC2)n[nH]1. The van der Waals surface area contributed by atoms with Crippen molar-refractivity contribution in [2.45, 2.75) is 64.3 Å². The van der Waals surface area contributed by atoms with Crippen LogP contribution in [-0.2, 0) is 16.0 Å². The number of aromatic nitrogens is 3. The van der Waals surface area contributed by atoms with Crippen molar-refractivity contribution in [3.05, 3.63) is 23.8 Å². The van der Waals surface area contributed by atoms with Crippen LogP contribution in [0, 0.1) is 18.8 Å². The molecule has 0 saturated heterocycles. The van der Waals surface area contributed by atoms with E-state index < -0.39 is 0 Å². The molecule has 1 aromatic heterocycles. The molecular formula is C19H29N5O2. The first-order valence-electron chi connectivity index (χ1n) is 9.73. The van der Waals surface area contributed by atoms with Gasteiger partial charge in [-0.1, -0.05) is 12.2 Å². The van der Waals surface area contributed by atoms with Crippen LogP contribution in [0.3, 0.4) is 0 Å². The predicted octanol–water partition coefficient (Wildman–Crippen LogP) is 1.80. The van der Waals surface area contributed by atoms with Crippen molar-refractivity contribution in [3.8, 4) is 0 Å². The van der Waals surface area contributed by atoms with Gasteiger partial charge in [0.15, 0.2) is 5.82 Å². The van der Waals surface area contributed by atoms with E-state index in [-0.39, 0.29) is 29.7 Å². The summed E-state index contributed by atoms with van der Waals surface area (Å²) in [5, 5.41) is 13.1. The summed E-state index contributed by atoms with van der Waals surface area (Å²) in [7, 11) is 0. The summed E-state index contributed by atoms with van der Waals surface area (Å²) in [5.41, 5.74) is 0. The fraction of sp³-hybridized carbons (Fsp3) is 0.684. The van der Waals surface area contributed by atoms with Gasteiger partial charge in [-0.05, 0) is 51.9 Å². The van der Waals surface area contributed by atoms with E-state index in [1.54, 1.807) is 0 Å². The van der Waals surface area contributed by atoms with Crippen LogP contribution in [0.2, 0.25) is 0 Å². The molecule has 1 heterocycles. The number of rotatable bonds is 6. The van der Waals surface area contributed by atoms with Crippen LogP contribution in [0.1, 0.15) is 56.6 Å². The molecule has 1 atom stereocenters. The van der Waals surface area contributed by atoms with Gasteiger partial charge in [-0.3, -0.25) is 14.7 Å². The zero-order valence-electron chi connectivity index (χ0n) is 15.5. The summed E-state index contributed by atoms with van der Waals surface area (Å²) < 4.78 is 0. The van der Waals surface area contributed by atoms with E-state index in [1.165, 1.54) is 0 Å². The Balaban J connectivity index is 1.34. The normalized spacial score (nSPS) is 25.7. The topological polar surface area (TPSA) is 99.8 Å². The predicted molar refractivity (Wildman–Crippen MR) is 98.2 cm³/mol. The van der Waals surface area contributed by atoms with Gasteiger partial charge in [0.25, 0.3) is 0 Å². The zero-order chi connectivity index (χ0) is 18.4. The van der Waals surface area contributed by atoms with Crippen molar-refractivity contribution >= 4 is 11.8 Å². The summed E-state index contributed by atoms with van der Waals surface area (Å²) in [4.78, 5) is 28.9. The summed E-state index contributed by atoms with van der Waals surface area (Å²) in [5.74, 6) is 1.99. The first-order chi connectivity index (χ1) is 12.6. The lowest BCUT2D eigenvalue weighted by atomic mass is 9.84. The molecule has 7 heteroatoms. The van der Waals surface area contributed by atoms with Crippen molar-refractivity contribution in [1.82, 2.24) is 25.8 Å². The second kappa shape index (κ2) is 8.96. The number of carbonyl (C=O) groups is 2. The van der Waals surface area contributed by atoms with Crippen LogP contribution in [0.15, 0.2) is 12.2 Å². The first kappa shape index (κ1) is 18.6. The second-order valence-corrected chi connectivity index (χ2v) is 7.42. The minimum Gasteiger partial charge on any atom is -0.355 e. The number of hydrogen-bond acceptors (Lipinski definition) is 4. The smallest absolute Gasteiger partial charge is 0.223 e. The number of allylic oxidation sites excluding steroid dienone is 2. The number of nitrogens with one attached hydrogen (secondary N) is 3. The van der Waals surface area contributed by atoms with Crippen LogP contribution in [-0.4, -0.2) is 39.6 Å². The number of aryl methyl sites for hydroxylation is 1. The van der Waals surface area contributed by atoms with E-state index in [4.69, 9.17) is 0 Å². The van der Waals surface area contributed by atoms with Crippen molar-refractivity contribution in [3.63, 3.8) is 0 Å². The number of nitrogens with zero attached hydrogens (tertiary/aromatic N) is 2. The molecule has 0 aliphatic heterocycles. The molecule has 2 aliphatic rings. The largest absolute Gasteiger partial charge is 0.355 e. The Kier molecular flexibility index (Phi) is 6.41. The molecule has 7 nitrogen and oxygen atoms in total. The van der Waals surface area contributed by atoms with Gasteiger partial charge in [0.1, 0.15) is 5.82 Å². The average Bonchev–Trinajstić information content (AvgIpc) is 3.08. The third-order valence-electron chi connectivity index (χ3n) is 5.38. The Hall–Kier alpha value is -2.18. The van der Waals surface area contributed by atoms with Gasteiger partial charge in [0.2, 0.25) is 11.8 Å². The minimum absolute atomic E-state index is 0.0506. The fourth-order valence-electron chi connectivity index (χ4n) is 3.79. The molecule has 0 aromatic carbocycles. The van der Waals surface area contributed by atoms with Crippen LogP contribution < -0.4 is 10.6 Å². The second-order valence-electron chi connectivity index (χ2n) is 7.42. The summed E-state index contributed by atoms with van der Waals surface area (Å²) in [6.07, 6.45) is 11.1. The molecule has 0 spiro atoms. The highest BCUT2D eigenvalue weighted by atomic mass is 16.2. The molecule has 0 bridgehead atoms. The molecule has 1 unspecified atom stereocenters. The molecule has 1 aromatic rings. The molecular weight excluding hydrogens is 330 g/mol. The number of H-pyrrole nitrogens is 1. The van der Waals surface area contributed by atoms with E-state index >= 15 is 0 Å². The monoisotopic (exact) mass is 359 g/mol. The maximum absolute atomic E-state index is 12.3. The lowest BCUT2D eigenvalue weighted by Gasteiger charge is -2.30. The molecule has 1 fully saturated rings. The average molecular weight is 359 g/mol. The van der Waals surface area contributed by atoms with E-state index in [2.05, 4.69) is 38.0 Å². The van der Waals surface area contributed by atoms with Gasteiger partial charge in [-0.25, -0.2) is 4.98 Å². The molecule has 1 saturated carbocycles. The Morgan fingerprint density at radius 2 is 1.92 bits per heavy atom. The summed E-state index contributed by atoms with van der Waals surface area (Å²) in [6.45, 7) is 2.42. The molecule has 3 N–H and O–H groups in total. The van der Waals surface area contributed by atoms with Crippen molar-refractivity contribution < 1.29 is 9.59 Å². The number of aromatic amines is 1. The van der Waals surface area contributed by atoms with Crippen LogP contribution in [0.5, 0.6) is 0 Å². The zero-order valence-corrected chi connectivity index (χ0v) is 15.5. The fourth-order valence-corrected chi connectivity index (χ4v) is 3.79. The number of carbonyl (C=O) groups excluding carboxylic acids is 2. The van der Waals surface area contributed by atoms with Gasteiger partial charge < -0.3 is 10.6 Å². The highest BCUT2D eigenvalue weighted by Crippen LogP contribution is 2.25. The Bertz CT molecular complexity index is 646. The molecule has 3 rings (SSSR count). The van der Waals surface area contributed by atoms with Gasteiger partial charge in [0, 0.05) is 30.8 Å². The van der Waals surface area contributed by atoms with Gasteiger partial charge >= 0.3 is 0 Å². The Morgan fingerprint density at radius 3 is 2.58 bits per heavy atom. The van der Waals surface area contributed by atoms with Crippen LogP contribution in [0.25, 0.3) is 0 Å². The summed E-state index contributed by atoms with van der Waals surface area (Å²) >= 11 is 0. The van der Waals surface area contributed by atoms with E-state index in [0.29, 0.717) is 13.0 Å². The molecule has 0 radical (unpaired) electrons. The van der Waals surface area contributed by atoms with Crippen molar-refractivity contribution in [2.24, 2.45) is 11.8 Å². The Labute approximate surface area is 154 Å². The third-order valence-corrected chi connectivity index (χ3v) is 5.38. The lowest BCUT2D eigenvalue weighted by Crippen LogP contribution is -2.43. The standard InChI is InChI=1S/C19H29N5O2/c1-13-21-17(24-23-13)11-12-20-18(25)15-7-9-16(10-8-15)22-19(26)14-5-3-2-4-6-14/h2-3,14-16H,4-12H2,1H3,(H,20,25)(H,22,26)(H,21,23,24). The van der Waals surface area contributed by atoms with Crippen LogP contribution >= 0.6 is 0 Å². The lowest BCUT2D eigenvalue weighted by molar-refractivity contribution is -0.127. The maximum Gasteiger partial charge on any atom is 0.223 e. The summed E-state index contributed by atoms with van der Waals surface area (Å²) in [6, 6.07) is 0.216. The first-order valence-corrected chi connectivity index (χ1v) is 9.73. The van der Waals surface area contributed by atoms with E-state index in [0.717, 1.165) is 56.6 Å². The van der Waals surface area contributed by atoms with Gasteiger partial charge in [-0.15, -0.1) is 0 Å². The quantitative estimate of drug-likeness (QED) is 0.674. The molecule has 2 amide bonds. The van der Waals surface area contributed by atoms with Crippen molar-refractivity contribution in [2.75, 3.05) is 6.54 Å². The van der Waals surface area contributed by atoms with Gasteiger partial charge in [-0.2, -0.15) is 5.10 Å². The molecule has 2 aliphatic carbocycles. The van der Waals surface area contributed by atoms with E-state index in [1.807, 2.05) is 6.92 Å². The molecule has 26 heavy (non-hydrogen) atoms. The minimum atomic E-state index is 0.0506. The maximum atomic E-state index is 12.3. The van der Waals surface area contributed by atoms with E-state index in [9.17, 15) is 9.59 Å². The highest BCUT2D eigenvalue weighted by Gasteiger charge is 2.28. The number of amides is 2. The van der Waals surface area contributed by atoms with Crippen LogP contribution in [0.4, 0.5) is 0 Å².